The average Bonchev–Trinajstić information content (AvgIpc) is 2.56. The Balaban J connectivity index is 1.89. The Kier molecular flexibility index (Phi) is 4.10. The molecule has 2 N–H and O–H groups in total. The van der Waals surface area contributed by atoms with Gasteiger partial charge in [0.25, 0.3) is 0 Å². The largest absolute Gasteiger partial charge is 0.504 e. The number of anilines is 1. The van der Waals surface area contributed by atoms with E-state index < -0.39 is 0 Å². The maximum absolute atomic E-state index is 10.0. The maximum Gasteiger partial charge on any atom is 0.166 e. The van der Waals surface area contributed by atoms with Crippen LogP contribution in [0.5, 0.6) is 11.5 Å². The molecule has 0 spiro atoms. The molecule has 1 aromatic heterocycles. The number of aryl methyl sites for hydroxylation is 1. The van der Waals surface area contributed by atoms with Crippen molar-refractivity contribution < 1.29 is 9.84 Å². The zero-order valence-electron chi connectivity index (χ0n) is 12.9. The van der Waals surface area contributed by atoms with Gasteiger partial charge in [0.15, 0.2) is 11.5 Å². The van der Waals surface area contributed by atoms with Crippen molar-refractivity contribution in [1.82, 2.24) is 4.98 Å². The van der Waals surface area contributed by atoms with Crippen molar-refractivity contribution in [1.29, 1.82) is 0 Å². The molecule has 0 aliphatic rings. The summed E-state index contributed by atoms with van der Waals surface area (Å²) >= 11 is 0. The van der Waals surface area contributed by atoms with E-state index >= 15 is 0 Å². The second kappa shape index (κ2) is 6.36. The third kappa shape index (κ3) is 3.08. The van der Waals surface area contributed by atoms with Crippen LogP contribution in [0.2, 0.25) is 0 Å². The van der Waals surface area contributed by atoms with Crippen molar-refractivity contribution in [3.63, 3.8) is 0 Å². The molecule has 0 bridgehead atoms. The third-order valence-corrected chi connectivity index (χ3v) is 3.48. The molecule has 0 saturated carbocycles. The zero-order valence-corrected chi connectivity index (χ0v) is 12.9. The third-order valence-electron chi connectivity index (χ3n) is 3.48. The van der Waals surface area contributed by atoms with E-state index in [4.69, 9.17) is 4.74 Å². The molecule has 23 heavy (non-hydrogen) atoms. The number of benzene rings is 2. The fraction of sp³-hybridized carbons (Fsp3) is 0.111. The molecule has 5 nitrogen and oxygen atoms in total. The molecule has 0 fully saturated rings. The number of aromatic nitrogens is 1. The molecule has 0 aliphatic carbocycles. The molecule has 0 amide bonds. The zero-order chi connectivity index (χ0) is 16.2. The van der Waals surface area contributed by atoms with Gasteiger partial charge in [0, 0.05) is 16.6 Å². The number of methoxy groups -OCH3 is 1. The number of phenols is 1. The first-order chi connectivity index (χ1) is 11.2. The summed E-state index contributed by atoms with van der Waals surface area (Å²) in [7, 11) is 1.51. The van der Waals surface area contributed by atoms with E-state index in [0.717, 1.165) is 22.3 Å². The minimum absolute atomic E-state index is 0.0660. The number of hydrogen-bond acceptors (Lipinski definition) is 5. The Bertz CT molecular complexity index is 875. The van der Waals surface area contributed by atoms with Crippen LogP contribution in [0.3, 0.4) is 0 Å². The minimum atomic E-state index is 0.0660. The fourth-order valence-corrected chi connectivity index (χ4v) is 2.38. The van der Waals surface area contributed by atoms with E-state index in [2.05, 4.69) is 15.5 Å². The Morgan fingerprint density at radius 3 is 2.83 bits per heavy atom. The van der Waals surface area contributed by atoms with E-state index in [-0.39, 0.29) is 5.75 Å². The molecule has 0 saturated heterocycles. The predicted molar refractivity (Wildman–Crippen MR) is 92.4 cm³/mol. The lowest BCUT2D eigenvalue weighted by molar-refractivity contribution is 0.373. The number of para-hydroxylation sites is 2. The number of nitrogens with zero attached hydrogens (tertiary/aromatic N) is 2. The van der Waals surface area contributed by atoms with Crippen molar-refractivity contribution >= 4 is 22.8 Å². The maximum atomic E-state index is 10.0. The summed E-state index contributed by atoms with van der Waals surface area (Å²) in [5.41, 5.74) is 6.28. The molecular weight excluding hydrogens is 290 g/mol. The van der Waals surface area contributed by atoms with Crippen LogP contribution in [-0.2, 0) is 0 Å². The Labute approximate surface area is 134 Å². The molecule has 3 aromatic rings. The lowest BCUT2D eigenvalue weighted by atomic mass is 10.1. The van der Waals surface area contributed by atoms with Crippen LogP contribution in [0.25, 0.3) is 10.9 Å². The van der Waals surface area contributed by atoms with Crippen molar-refractivity contribution in [3.8, 4) is 11.5 Å². The van der Waals surface area contributed by atoms with Gasteiger partial charge >= 0.3 is 0 Å². The summed E-state index contributed by atoms with van der Waals surface area (Å²) in [4.78, 5) is 4.49. The van der Waals surface area contributed by atoms with Gasteiger partial charge in [-0.25, -0.2) is 0 Å². The Morgan fingerprint density at radius 2 is 2.00 bits per heavy atom. The molecule has 5 heteroatoms. The number of phenolic OH excluding ortho intramolecular Hbond substituents is 1. The quantitative estimate of drug-likeness (QED) is 0.569. The molecular formula is C18H17N3O2. The Morgan fingerprint density at radius 1 is 1.17 bits per heavy atom. The highest BCUT2D eigenvalue weighted by atomic mass is 16.5. The number of nitrogens with one attached hydrogen (secondary N) is 1. The van der Waals surface area contributed by atoms with E-state index in [0.29, 0.717) is 11.3 Å². The molecule has 0 aliphatic heterocycles. The van der Waals surface area contributed by atoms with Crippen LogP contribution in [0.4, 0.5) is 5.69 Å². The number of fused-ring (bicyclic) bond motifs is 1. The van der Waals surface area contributed by atoms with Crippen LogP contribution in [0.15, 0.2) is 53.6 Å². The number of ether oxygens (including phenoxy) is 1. The van der Waals surface area contributed by atoms with Crippen LogP contribution in [0.1, 0.15) is 11.3 Å². The highest BCUT2D eigenvalue weighted by molar-refractivity contribution is 5.92. The van der Waals surface area contributed by atoms with Gasteiger partial charge in [-0.3, -0.25) is 10.4 Å². The van der Waals surface area contributed by atoms with Gasteiger partial charge in [0.05, 0.1) is 24.5 Å². The van der Waals surface area contributed by atoms with E-state index in [1.54, 1.807) is 24.4 Å². The predicted octanol–water partition coefficient (Wildman–Crippen LogP) is 3.70. The second-order valence-corrected chi connectivity index (χ2v) is 5.10. The molecule has 1 heterocycles. The normalized spacial score (nSPS) is 11.0. The molecule has 0 atom stereocenters. The number of rotatable bonds is 4. The van der Waals surface area contributed by atoms with Crippen molar-refractivity contribution in [2.75, 3.05) is 12.5 Å². The molecule has 2 aromatic carbocycles. The summed E-state index contributed by atoms with van der Waals surface area (Å²) in [6.45, 7) is 1.94. The van der Waals surface area contributed by atoms with Crippen LogP contribution < -0.4 is 10.2 Å². The highest BCUT2D eigenvalue weighted by Crippen LogP contribution is 2.28. The van der Waals surface area contributed by atoms with Crippen molar-refractivity contribution in [2.24, 2.45) is 5.10 Å². The van der Waals surface area contributed by atoms with E-state index in [1.165, 1.54) is 7.11 Å². The number of hydrazone groups is 1. The lowest BCUT2D eigenvalue weighted by Gasteiger charge is -2.07. The highest BCUT2D eigenvalue weighted by Gasteiger charge is 2.05. The lowest BCUT2D eigenvalue weighted by Crippen LogP contribution is -1.95. The van der Waals surface area contributed by atoms with Gasteiger partial charge in [0.1, 0.15) is 0 Å². The standard InChI is InChI=1S/C18H17N3O2/c1-12-10-16(14-7-3-4-8-15(14)20-12)21-19-11-13-6-5-9-17(23-2)18(13)22/h3-11,22H,1-2H3,(H,20,21)/b19-11+. The van der Waals surface area contributed by atoms with Gasteiger partial charge < -0.3 is 9.84 Å². The molecule has 3 rings (SSSR count). The monoisotopic (exact) mass is 307 g/mol. The number of aromatic hydroxyl groups is 1. The summed E-state index contributed by atoms with van der Waals surface area (Å²) < 4.78 is 5.08. The Hall–Kier alpha value is -3.08. The van der Waals surface area contributed by atoms with Crippen LogP contribution in [-0.4, -0.2) is 23.4 Å². The number of pyridine rings is 1. The SMILES string of the molecule is COc1cccc(/C=N/Nc2cc(C)nc3ccccc23)c1O. The summed E-state index contributed by atoms with van der Waals surface area (Å²) in [5.74, 6) is 0.482. The fourth-order valence-electron chi connectivity index (χ4n) is 2.38. The first kappa shape index (κ1) is 14.8. The van der Waals surface area contributed by atoms with E-state index in [1.807, 2.05) is 37.3 Å². The topological polar surface area (TPSA) is 66.7 Å². The minimum Gasteiger partial charge on any atom is -0.504 e. The smallest absolute Gasteiger partial charge is 0.166 e. The van der Waals surface area contributed by atoms with Gasteiger partial charge in [-0.2, -0.15) is 5.10 Å². The first-order valence-corrected chi connectivity index (χ1v) is 7.20. The summed E-state index contributed by atoms with van der Waals surface area (Å²) in [5, 5.41) is 15.3. The van der Waals surface area contributed by atoms with Crippen LogP contribution >= 0.6 is 0 Å². The van der Waals surface area contributed by atoms with E-state index in [9.17, 15) is 5.11 Å². The molecule has 0 unspecified atom stereocenters. The second-order valence-electron chi connectivity index (χ2n) is 5.10. The first-order valence-electron chi connectivity index (χ1n) is 7.20. The van der Waals surface area contributed by atoms with Gasteiger partial charge in [-0.05, 0) is 31.2 Å². The van der Waals surface area contributed by atoms with Gasteiger partial charge in [-0.1, -0.05) is 24.3 Å². The van der Waals surface area contributed by atoms with Crippen molar-refractivity contribution in [2.45, 2.75) is 6.92 Å². The van der Waals surface area contributed by atoms with Gasteiger partial charge in [-0.15, -0.1) is 0 Å². The molecule has 116 valence electrons. The van der Waals surface area contributed by atoms with Gasteiger partial charge in [0.2, 0.25) is 0 Å². The van der Waals surface area contributed by atoms with Crippen molar-refractivity contribution in [3.05, 3.63) is 59.8 Å². The average molecular weight is 307 g/mol. The summed E-state index contributed by atoms with van der Waals surface area (Å²) in [6.07, 6.45) is 1.56. The number of hydrogen-bond donors (Lipinski definition) is 2. The summed E-state index contributed by atoms with van der Waals surface area (Å²) in [6, 6.07) is 15.1. The van der Waals surface area contributed by atoms with Crippen LogP contribution in [0, 0.1) is 6.92 Å². The molecule has 0 radical (unpaired) electrons.